The zero-order chi connectivity index (χ0) is 18.4. The van der Waals surface area contributed by atoms with Crippen molar-refractivity contribution >= 4 is 15.7 Å². The van der Waals surface area contributed by atoms with Crippen LogP contribution in [0, 0.1) is 5.92 Å². The predicted molar refractivity (Wildman–Crippen MR) is 100 cm³/mol. The van der Waals surface area contributed by atoms with Gasteiger partial charge in [-0.15, -0.1) is 0 Å². The first-order valence-electron chi connectivity index (χ1n) is 8.72. The van der Waals surface area contributed by atoms with Crippen molar-refractivity contribution in [2.24, 2.45) is 5.92 Å². The van der Waals surface area contributed by atoms with E-state index in [9.17, 15) is 13.2 Å². The molecule has 1 aliphatic heterocycles. The van der Waals surface area contributed by atoms with E-state index in [0.29, 0.717) is 13.0 Å². The van der Waals surface area contributed by atoms with E-state index >= 15 is 0 Å². The fourth-order valence-corrected chi connectivity index (χ4v) is 5.00. The molecule has 0 aromatic heterocycles. The molecule has 1 N–H and O–H groups in total. The quantitative estimate of drug-likeness (QED) is 0.809. The molecule has 1 saturated heterocycles. The molecule has 0 spiro atoms. The fraction of sp³-hybridized carbons (Fsp3) is 0.350. The van der Waals surface area contributed by atoms with Gasteiger partial charge in [-0.1, -0.05) is 60.7 Å². The van der Waals surface area contributed by atoms with Crippen molar-refractivity contribution in [1.29, 1.82) is 0 Å². The average molecular weight is 373 g/mol. The van der Waals surface area contributed by atoms with Gasteiger partial charge in [0.1, 0.15) is 12.7 Å². The molecule has 1 heterocycles. The van der Waals surface area contributed by atoms with Gasteiger partial charge in [0.25, 0.3) is 0 Å². The zero-order valence-corrected chi connectivity index (χ0v) is 15.3. The zero-order valence-electron chi connectivity index (χ0n) is 14.5. The molecule has 6 heteroatoms. The van der Waals surface area contributed by atoms with Crippen molar-refractivity contribution in [3.05, 3.63) is 71.8 Å². The normalized spacial score (nSPS) is 18.7. The Hall–Kier alpha value is -2.18. The lowest BCUT2D eigenvalue weighted by Gasteiger charge is -2.19. The molecule has 138 valence electrons. The van der Waals surface area contributed by atoms with Gasteiger partial charge in [-0.3, -0.25) is 4.79 Å². The van der Waals surface area contributed by atoms with Crippen molar-refractivity contribution in [1.82, 2.24) is 5.32 Å². The molecule has 1 atom stereocenters. The molecule has 0 bridgehead atoms. The van der Waals surface area contributed by atoms with Gasteiger partial charge >= 0.3 is 0 Å². The Morgan fingerprint density at radius 3 is 2.12 bits per heavy atom. The molecule has 1 amide bonds. The van der Waals surface area contributed by atoms with Crippen molar-refractivity contribution in [2.45, 2.75) is 12.5 Å². The summed E-state index contributed by atoms with van der Waals surface area (Å²) in [5.74, 6) is 0.146. The Morgan fingerprint density at radius 1 is 1.04 bits per heavy atom. The van der Waals surface area contributed by atoms with Crippen LogP contribution in [0.4, 0.5) is 0 Å². The third-order valence-corrected chi connectivity index (χ3v) is 6.34. The molecule has 0 radical (unpaired) electrons. The van der Waals surface area contributed by atoms with Crippen LogP contribution in [-0.4, -0.2) is 39.0 Å². The minimum atomic E-state index is -2.92. The topological polar surface area (TPSA) is 72.5 Å². The van der Waals surface area contributed by atoms with Crippen LogP contribution in [-0.2, 0) is 19.4 Å². The number of hydrogen-bond donors (Lipinski definition) is 1. The van der Waals surface area contributed by atoms with E-state index in [-0.39, 0.29) is 36.0 Å². The Labute approximate surface area is 154 Å². The number of rotatable bonds is 7. The molecule has 1 aliphatic rings. The molecule has 2 aromatic carbocycles. The summed E-state index contributed by atoms with van der Waals surface area (Å²) in [7, 11) is -2.92. The summed E-state index contributed by atoms with van der Waals surface area (Å²) in [6.45, 7) is 0.302. The monoisotopic (exact) mass is 373 g/mol. The predicted octanol–water partition coefficient (Wildman–Crippen LogP) is 2.34. The maximum atomic E-state index is 12.1. The number of carbonyl (C=O) groups excluding carboxylic acids is 1. The summed E-state index contributed by atoms with van der Waals surface area (Å²) < 4.78 is 28.9. The van der Waals surface area contributed by atoms with E-state index in [0.717, 1.165) is 11.1 Å². The number of benzene rings is 2. The van der Waals surface area contributed by atoms with Crippen LogP contribution in [0.2, 0.25) is 0 Å². The van der Waals surface area contributed by atoms with Gasteiger partial charge in [0.2, 0.25) is 5.91 Å². The van der Waals surface area contributed by atoms with Crippen LogP contribution < -0.4 is 5.32 Å². The first-order valence-corrected chi connectivity index (χ1v) is 10.5. The Kier molecular flexibility index (Phi) is 6.06. The van der Waals surface area contributed by atoms with Crippen LogP contribution in [0.1, 0.15) is 23.7 Å². The van der Waals surface area contributed by atoms with E-state index in [1.165, 1.54) is 0 Å². The van der Waals surface area contributed by atoms with E-state index in [1.54, 1.807) is 0 Å². The van der Waals surface area contributed by atoms with E-state index in [2.05, 4.69) is 5.32 Å². The highest BCUT2D eigenvalue weighted by molar-refractivity contribution is 7.91. The standard InChI is InChI=1S/C20H23NO4S/c22-19(21-13-16-11-12-26(23,24)15-16)14-25-20(17-7-3-1-4-8-17)18-9-5-2-6-10-18/h1-10,16,20H,11-15H2,(H,21,22). The molecule has 1 unspecified atom stereocenters. The van der Waals surface area contributed by atoms with Gasteiger partial charge in [-0.2, -0.15) is 0 Å². The van der Waals surface area contributed by atoms with Crippen molar-refractivity contribution < 1.29 is 17.9 Å². The number of amides is 1. The lowest BCUT2D eigenvalue weighted by atomic mass is 10.0. The summed E-state index contributed by atoms with van der Waals surface area (Å²) >= 11 is 0. The lowest BCUT2D eigenvalue weighted by molar-refractivity contribution is -0.127. The largest absolute Gasteiger partial charge is 0.359 e. The number of hydrogen-bond acceptors (Lipinski definition) is 4. The molecule has 26 heavy (non-hydrogen) atoms. The second-order valence-corrected chi connectivity index (χ2v) is 8.81. The summed E-state index contributed by atoms with van der Waals surface area (Å²) in [6, 6.07) is 19.5. The Morgan fingerprint density at radius 2 is 1.62 bits per heavy atom. The highest BCUT2D eigenvalue weighted by atomic mass is 32.2. The second kappa shape index (κ2) is 8.47. The lowest BCUT2D eigenvalue weighted by Crippen LogP contribution is -2.33. The second-order valence-electron chi connectivity index (χ2n) is 6.59. The van der Waals surface area contributed by atoms with Crippen molar-refractivity contribution in [2.75, 3.05) is 24.7 Å². The van der Waals surface area contributed by atoms with Gasteiger partial charge in [-0.05, 0) is 23.5 Å². The third kappa shape index (κ3) is 5.16. The Balaban J connectivity index is 1.57. The highest BCUT2D eigenvalue weighted by Gasteiger charge is 2.28. The number of nitrogens with one attached hydrogen (secondary N) is 1. The number of sulfone groups is 1. The van der Waals surface area contributed by atoms with Crippen LogP contribution in [0.15, 0.2) is 60.7 Å². The number of carbonyl (C=O) groups is 1. The van der Waals surface area contributed by atoms with Gasteiger partial charge < -0.3 is 10.1 Å². The average Bonchev–Trinajstić information content (AvgIpc) is 3.01. The van der Waals surface area contributed by atoms with Gasteiger partial charge in [-0.25, -0.2) is 8.42 Å². The molecule has 5 nitrogen and oxygen atoms in total. The molecular formula is C20H23NO4S. The van der Waals surface area contributed by atoms with Gasteiger partial charge in [0.05, 0.1) is 11.5 Å². The number of ether oxygens (including phenoxy) is 1. The Bertz CT molecular complexity index is 782. The fourth-order valence-electron chi connectivity index (χ4n) is 3.14. The SMILES string of the molecule is O=C(COC(c1ccccc1)c1ccccc1)NCC1CCS(=O)(=O)C1. The van der Waals surface area contributed by atoms with E-state index in [4.69, 9.17) is 4.74 Å². The minimum absolute atomic E-state index is 0.00277. The molecule has 3 rings (SSSR count). The maximum Gasteiger partial charge on any atom is 0.246 e. The van der Waals surface area contributed by atoms with Crippen molar-refractivity contribution in [3.63, 3.8) is 0 Å². The van der Waals surface area contributed by atoms with E-state index < -0.39 is 9.84 Å². The minimum Gasteiger partial charge on any atom is -0.359 e. The van der Waals surface area contributed by atoms with Gasteiger partial charge in [0, 0.05) is 6.54 Å². The summed E-state index contributed by atoms with van der Waals surface area (Å²) in [5, 5.41) is 2.79. The molecule has 1 fully saturated rings. The van der Waals surface area contributed by atoms with Crippen LogP contribution >= 0.6 is 0 Å². The smallest absolute Gasteiger partial charge is 0.246 e. The summed E-state index contributed by atoms with van der Waals surface area (Å²) in [4.78, 5) is 12.1. The van der Waals surface area contributed by atoms with Gasteiger partial charge in [0.15, 0.2) is 9.84 Å². The molecule has 2 aromatic rings. The molecular weight excluding hydrogens is 350 g/mol. The van der Waals surface area contributed by atoms with Crippen molar-refractivity contribution in [3.8, 4) is 0 Å². The molecule has 0 saturated carbocycles. The van der Waals surface area contributed by atoms with Crippen LogP contribution in [0.5, 0.6) is 0 Å². The van der Waals surface area contributed by atoms with E-state index in [1.807, 2.05) is 60.7 Å². The first kappa shape index (κ1) is 18.6. The molecule has 0 aliphatic carbocycles. The summed E-state index contributed by atoms with van der Waals surface area (Å²) in [5.41, 5.74) is 1.96. The van der Waals surface area contributed by atoms with Crippen LogP contribution in [0.3, 0.4) is 0 Å². The van der Waals surface area contributed by atoms with Crippen LogP contribution in [0.25, 0.3) is 0 Å². The maximum absolute atomic E-state index is 12.1. The highest BCUT2D eigenvalue weighted by Crippen LogP contribution is 2.25. The summed E-state index contributed by atoms with van der Waals surface area (Å²) in [6.07, 6.45) is 0.287. The third-order valence-electron chi connectivity index (χ3n) is 4.50. The first-order chi connectivity index (χ1) is 12.5.